The van der Waals surface area contributed by atoms with Crippen LogP contribution in [0.4, 0.5) is 5.69 Å². The van der Waals surface area contributed by atoms with Crippen molar-refractivity contribution in [1.29, 1.82) is 0 Å². The van der Waals surface area contributed by atoms with E-state index in [1.165, 1.54) is 32.2 Å². The molecule has 102 valence electrons. The number of rotatable bonds is 4. The van der Waals surface area contributed by atoms with Gasteiger partial charge in [-0.25, -0.2) is 4.98 Å². The van der Waals surface area contributed by atoms with Crippen LogP contribution in [-0.4, -0.2) is 24.1 Å². The third-order valence-electron chi connectivity index (χ3n) is 3.73. The van der Waals surface area contributed by atoms with Crippen LogP contribution in [0.15, 0.2) is 22.6 Å². The molecule has 1 aromatic heterocycles. The van der Waals surface area contributed by atoms with Crippen LogP contribution < -0.4 is 10.6 Å². The van der Waals surface area contributed by atoms with Crippen molar-refractivity contribution < 1.29 is 4.42 Å². The monoisotopic (exact) mass is 259 g/mol. The fraction of sp³-hybridized carbons (Fsp3) is 0.533. The van der Waals surface area contributed by atoms with Crippen LogP contribution in [0.3, 0.4) is 0 Å². The van der Waals surface area contributed by atoms with Crippen molar-refractivity contribution in [2.45, 2.75) is 38.6 Å². The lowest BCUT2D eigenvalue weighted by atomic mass is 10.0. The van der Waals surface area contributed by atoms with Crippen molar-refractivity contribution in [3.8, 4) is 0 Å². The summed E-state index contributed by atoms with van der Waals surface area (Å²) in [6.45, 7) is 4.05. The Kier molecular flexibility index (Phi) is 3.69. The van der Waals surface area contributed by atoms with E-state index in [1.54, 1.807) is 0 Å². The Labute approximate surface area is 113 Å². The molecule has 2 aromatic rings. The minimum atomic E-state index is 0.678. The molecule has 19 heavy (non-hydrogen) atoms. The van der Waals surface area contributed by atoms with Gasteiger partial charge in [-0.05, 0) is 37.9 Å². The molecule has 0 amide bonds. The number of aromatic nitrogens is 1. The number of nitrogens with zero attached hydrogens (tertiary/aromatic N) is 1. The van der Waals surface area contributed by atoms with Gasteiger partial charge in [-0.15, -0.1) is 0 Å². The van der Waals surface area contributed by atoms with Crippen molar-refractivity contribution in [2.75, 3.05) is 18.4 Å². The van der Waals surface area contributed by atoms with Crippen LogP contribution in [0, 0.1) is 6.92 Å². The maximum atomic E-state index is 5.54. The highest BCUT2D eigenvalue weighted by Crippen LogP contribution is 2.20. The van der Waals surface area contributed by atoms with E-state index in [4.69, 9.17) is 4.42 Å². The second kappa shape index (κ2) is 5.61. The van der Waals surface area contributed by atoms with Crippen LogP contribution in [0.25, 0.3) is 11.1 Å². The Morgan fingerprint density at radius 3 is 3.21 bits per heavy atom. The number of nitrogens with one attached hydrogen (secondary N) is 2. The standard InChI is InChI=1S/C15H21N3O/c1-11-18-14-6-5-13(10-15(14)19-11)17-9-7-12-4-2-3-8-16-12/h5-6,10,12,16-17H,2-4,7-9H2,1H3. The number of oxazole rings is 1. The molecule has 3 rings (SSSR count). The first-order valence-electron chi connectivity index (χ1n) is 7.16. The Bertz CT molecular complexity index is 543. The third-order valence-corrected chi connectivity index (χ3v) is 3.73. The summed E-state index contributed by atoms with van der Waals surface area (Å²) in [6.07, 6.45) is 5.17. The molecule has 0 bridgehead atoms. The van der Waals surface area contributed by atoms with Crippen LogP contribution in [0.2, 0.25) is 0 Å². The molecule has 0 aliphatic carbocycles. The lowest BCUT2D eigenvalue weighted by Crippen LogP contribution is -2.35. The molecule has 1 aromatic carbocycles. The molecule has 0 spiro atoms. The summed E-state index contributed by atoms with van der Waals surface area (Å²) in [4.78, 5) is 4.30. The van der Waals surface area contributed by atoms with E-state index in [1.807, 2.05) is 19.1 Å². The molecule has 1 unspecified atom stereocenters. The van der Waals surface area contributed by atoms with Gasteiger partial charge in [0, 0.05) is 31.3 Å². The first-order chi connectivity index (χ1) is 9.31. The van der Waals surface area contributed by atoms with Crippen molar-refractivity contribution in [1.82, 2.24) is 10.3 Å². The molecule has 1 atom stereocenters. The molecule has 4 nitrogen and oxygen atoms in total. The average molecular weight is 259 g/mol. The topological polar surface area (TPSA) is 50.1 Å². The molecular formula is C15H21N3O. The minimum Gasteiger partial charge on any atom is -0.441 e. The molecule has 4 heteroatoms. The maximum absolute atomic E-state index is 5.54. The van der Waals surface area contributed by atoms with Gasteiger partial charge in [-0.3, -0.25) is 0 Å². The number of aryl methyl sites for hydroxylation is 1. The summed E-state index contributed by atoms with van der Waals surface area (Å²) in [6, 6.07) is 6.78. The zero-order valence-corrected chi connectivity index (χ0v) is 11.4. The maximum Gasteiger partial charge on any atom is 0.192 e. The summed E-state index contributed by atoms with van der Waals surface area (Å²) >= 11 is 0. The number of benzene rings is 1. The lowest BCUT2D eigenvalue weighted by molar-refractivity contribution is 0.389. The molecule has 1 aliphatic heterocycles. The number of anilines is 1. The summed E-state index contributed by atoms with van der Waals surface area (Å²) in [5.74, 6) is 0.721. The van der Waals surface area contributed by atoms with Crippen LogP contribution in [0.1, 0.15) is 31.6 Å². The second-order valence-electron chi connectivity index (χ2n) is 5.28. The van der Waals surface area contributed by atoms with Gasteiger partial charge in [-0.1, -0.05) is 6.42 Å². The normalized spacial score (nSPS) is 19.7. The molecular weight excluding hydrogens is 238 g/mol. The van der Waals surface area contributed by atoms with Gasteiger partial charge < -0.3 is 15.1 Å². The molecule has 0 saturated carbocycles. The summed E-state index contributed by atoms with van der Waals surface area (Å²) in [7, 11) is 0. The lowest BCUT2D eigenvalue weighted by Gasteiger charge is -2.23. The zero-order valence-electron chi connectivity index (χ0n) is 11.4. The van der Waals surface area contributed by atoms with E-state index < -0.39 is 0 Å². The molecule has 1 aliphatic rings. The van der Waals surface area contributed by atoms with Gasteiger partial charge in [0.25, 0.3) is 0 Å². The Morgan fingerprint density at radius 2 is 2.37 bits per heavy atom. The number of hydrogen-bond donors (Lipinski definition) is 2. The van der Waals surface area contributed by atoms with Crippen molar-refractivity contribution in [3.05, 3.63) is 24.1 Å². The third kappa shape index (κ3) is 3.07. The highest BCUT2D eigenvalue weighted by Gasteiger charge is 2.11. The first kappa shape index (κ1) is 12.5. The Morgan fingerprint density at radius 1 is 1.42 bits per heavy atom. The molecule has 0 radical (unpaired) electrons. The fourth-order valence-corrected chi connectivity index (χ4v) is 2.71. The van der Waals surface area contributed by atoms with Gasteiger partial charge in [0.2, 0.25) is 0 Å². The highest BCUT2D eigenvalue weighted by atomic mass is 16.3. The number of fused-ring (bicyclic) bond motifs is 1. The van der Waals surface area contributed by atoms with E-state index in [0.717, 1.165) is 29.2 Å². The van der Waals surface area contributed by atoms with Gasteiger partial charge in [0.15, 0.2) is 11.5 Å². The van der Waals surface area contributed by atoms with E-state index in [0.29, 0.717) is 6.04 Å². The molecule has 1 fully saturated rings. The van der Waals surface area contributed by atoms with Crippen molar-refractivity contribution in [2.24, 2.45) is 0 Å². The van der Waals surface area contributed by atoms with E-state index in [9.17, 15) is 0 Å². The zero-order chi connectivity index (χ0) is 13.1. The predicted molar refractivity (Wildman–Crippen MR) is 77.5 cm³/mol. The van der Waals surface area contributed by atoms with Gasteiger partial charge >= 0.3 is 0 Å². The highest BCUT2D eigenvalue weighted by molar-refractivity contribution is 5.77. The molecule has 2 heterocycles. The molecule has 1 saturated heterocycles. The summed E-state index contributed by atoms with van der Waals surface area (Å²) in [5.41, 5.74) is 2.90. The minimum absolute atomic E-state index is 0.678. The average Bonchev–Trinajstić information content (AvgIpc) is 2.79. The summed E-state index contributed by atoms with van der Waals surface area (Å²) < 4.78 is 5.54. The predicted octanol–water partition coefficient (Wildman–Crippen LogP) is 3.08. The van der Waals surface area contributed by atoms with Gasteiger partial charge in [0.1, 0.15) is 5.52 Å². The van der Waals surface area contributed by atoms with E-state index in [-0.39, 0.29) is 0 Å². The van der Waals surface area contributed by atoms with Crippen molar-refractivity contribution in [3.63, 3.8) is 0 Å². The second-order valence-corrected chi connectivity index (χ2v) is 5.28. The first-order valence-corrected chi connectivity index (χ1v) is 7.16. The number of hydrogen-bond acceptors (Lipinski definition) is 4. The molecule has 2 N–H and O–H groups in total. The van der Waals surface area contributed by atoms with Crippen LogP contribution in [-0.2, 0) is 0 Å². The quantitative estimate of drug-likeness (QED) is 0.886. The number of piperidine rings is 1. The smallest absolute Gasteiger partial charge is 0.192 e. The Hall–Kier alpha value is -1.55. The van der Waals surface area contributed by atoms with Crippen molar-refractivity contribution >= 4 is 16.8 Å². The SMILES string of the molecule is Cc1nc2ccc(NCCC3CCCCN3)cc2o1. The largest absolute Gasteiger partial charge is 0.441 e. The van der Waals surface area contributed by atoms with Crippen LogP contribution in [0.5, 0.6) is 0 Å². The van der Waals surface area contributed by atoms with E-state index >= 15 is 0 Å². The Balaban J connectivity index is 1.55. The fourth-order valence-electron chi connectivity index (χ4n) is 2.71. The van der Waals surface area contributed by atoms with Gasteiger partial charge in [0.05, 0.1) is 0 Å². The van der Waals surface area contributed by atoms with Crippen LogP contribution >= 0.6 is 0 Å². The summed E-state index contributed by atoms with van der Waals surface area (Å²) in [5, 5.41) is 7.04. The van der Waals surface area contributed by atoms with E-state index in [2.05, 4.69) is 21.7 Å². The van der Waals surface area contributed by atoms with Gasteiger partial charge in [-0.2, -0.15) is 0 Å².